The van der Waals surface area contributed by atoms with Crippen molar-refractivity contribution in [1.29, 1.82) is 0 Å². The second kappa shape index (κ2) is 6.72. The van der Waals surface area contributed by atoms with E-state index in [9.17, 15) is 4.79 Å². The van der Waals surface area contributed by atoms with Crippen molar-refractivity contribution in [3.63, 3.8) is 0 Å². The summed E-state index contributed by atoms with van der Waals surface area (Å²) in [6.07, 6.45) is 1.26. The van der Waals surface area contributed by atoms with Gasteiger partial charge in [-0.3, -0.25) is 4.79 Å². The number of nitrogens with one attached hydrogen (secondary N) is 1. The summed E-state index contributed by atoms with van der Waals surface area (Å²) in [6, 6.07) is 5.71. The SMILES string of the molecule is CCC(=O)NC1CCOc2ccc(C(N)COC)cc21. The molecule has 20 heavy (non-hydrogen) atoms. The fourth-order valence-electron chi connectivity index (χ4n) is 2.37. The molecule has 0 aliphatic carbocycles. The zero-order valence-electron chi connectivity index (χ0n) is 12.0. The fourth-order valence-corrected chi connectivity index (χ4v) is 2.37. The predicted octanol–water partition coefficient (Wildman–Crippen LogP) is 1.68. The summed E-state index contributed by atoms with van der Waals surface area (Å²) < 4.78 is 10.7. The largest absolute Gasteiger partial charge is 0.493 e. The number of rotatable bonds is 5. The monoisotopic (exact) mass is 278 g/mol. The van der Waals surface area contributed by atoms with E-state index in [0.29, 0.717) is 19.6 Å². The summed E-state index contributed by atoms with van der Waals surface area (Å²) in [5, 5.41) is 3.03. The minimum absolute atomic E-state index is 0.000829. The molecule has 0 fully saturated rings. The fraction of sp³-hybridized carbons (Fsp3) is 0.533. The molecule has 0 saturated carbocycles. The van der Waals surface area contributed by atoms with Crippen LogP contribution in [0.15, 0.2) is 18.2 Å². The van der Waals surface area contributed by atoms with Crippen LogP contribution in [-0.4, -0.2) is 26.2 Å². The minimum atomic E-state index is -0.172. The summed E-state index contributed by atoms with van der Waals surface area (Å²) in [7, 11) is 1.63. The summed E-state index contributed by atoms with van der Waals surface area (Å²) in [5.74, 6) is 0.875. The first-order valence-corrected chi connectivity index (χ1v) is 6.96. The van der Waals surface area contributed by atoms with Crippen LogP contribution in [0.1, 0.15) is 43.0 Å². The quantitative estimate of drug-likeness (QED) is 0.859. The maximum atomic E-state index is 11.6. The molecule has 110 valence electrons. The van der Waals surface area contributed by atoms with Crippen LogP contribution in [-0.2, 0) is 9.53 Å². The van der Waals surface area contributed by atoms with Gasteiger partial charge in [-0.05, 0) is 17.7 Å². The summed E-state index contributed by atoms with van der Waals surface area (Å²) in [4.78, 5) is 11.6. The molecule has 0 bridgehead atoms. The zero-order valence-corrected chi connectivity index (χ0v) is 12.0. The Morgan fingerprint density at radius 2 is 2.40 bits per heavy atom. The minimum Gasteiger partial charge on any atom is -0.493 e. The molecular weight excluding hydrogens is 256 g/mol. The summed E-state index contributed by atoms with van der Waals surface area (Å²) in [6.45, 7) is 2.93. The van der Waals surface area contributed by atoms with Gasteiger partial charge >= 0.3 is 0 Å². The maximum absolute atomic E-state index is 11.6. The van der Waals surface area contributed by atoms with Gasteiger partial charge in [0.25, 0.3) is 0 Å². The van der Waals surface area contributed by atoms with Crippen molar-refractivity contribution in [2.75, 3.05) is 20.3 Å². The molecule has 1 aromatic carbocycles. The molecule has 3 N–H and O–H groups in total. The number of hydrogen-bond donors (Lipinski definition) is 2. The first kappa shape index (κ1) is 14.8. The van der Waals surface area contributed by atoms with E-state index >= 15 is 0 Å². The molecule has 5 nitrogen and oxygen atoms in total. The number of nitrogens with two attached hydrogens (primary N) is 1. The third-order valence-electron chi connectivity index (χ3n) is 3.50. The highest BCUT2D eigenvalue weighted by atomic mass is 16.5. The Morgan fingerprint density at radius 3 is 3.10 bits per heavy atom. The topological polar surface area (TPSA) is 73.6 Å². The van der Waals surface area contributed by atoms with Crippen molar-refractivity contribution in [3.8, 4) is 5.75 Å². The van der Waals surface area contributed by atoms with Gasteiger partial charge in [-0.2, -0.15) is 0 Å². The zero-order chi connectivity index (χ0) is 14.5. The first-order valence-electron chi connectivity index (χ1n) is 6.96. The average Bonchev–Trinajstić information content (AvgIpc) is 2.47. The Balaban J connectivity index is 2.24. The van der Waals surface area contributed by atoms with Gasteiger partial charge in [0.05, 0.1) is 25.3 Å². The van der Waals surface area contributed by atoms with E-state index in [4.69, 9.17) is 15.2 Å². The van der Waals surface area contributed by atoms with Crippen LogP contribution in [0, 0.1) is 0 Å². The second-order valence-electron chi connectivity index (χ2n) is 4.97. The van der Waals surface area contributed by atoms with Gasteiger partial charge in [-0.1, -0.05) is 13.0 Å². The molecule has 0 spiro atoms. The van der Waals surface area contributed by atoms with Gasteiger partial charge in [0.15, 0.2) is 0 Å². The smallest absolute Gasteiger partial charge is 0.220 e. The summed E-state index contributed by atoms with van der Waals surface area (Å²) >= 11 is 0. The Hall–Kier alpha value is -1.59. The van der Waals surface area contributed by atoms with Crippen LogP contribution in [0.3, 0.4) is 0 Å². The summed E-state index contributed by atoms with van der Waals surface area (Å²) in [5.41, 5.74) is 8.05. The van der Waals surface area contributed by atoms with E-state index in [2.05, 4.69) is 5.32 Å². The standard InChI is InChI=1S/C15H22N2O3/c1-3-15(18)17-13-6-7-20-14-5-4-10(8-11(13)14)12(16)9-19-2/h4-5,8,12-13H,3,6-7,9,16H2,1-2H3,(H,17,18). The lowest BCUT2D eigenvalue weighted by Gasteiger charge is -2.27. The van der Waals surface area contributed by atoms with Crippen LogP contribution in [0.4, 0.5) is 0 Å². The van der Waals surface area contributed by atoms with Crippen LogP contribution in [0.25, 0.3) is 0 Å². The highest BCUT2D eigenvalue weighted by molar-refractivity contribution is 5.76. The van der Waals surface area contributed by atoms with E-state index in [1.807, 2.05) is 25.1 Å². The number of ether oxygens (including phenoxy) is 2. The highest BCUT2D eigenvalue weighted by Crippen LogP contribution is 2.33. The normalized spacial score (nSPS) is 18.9. The third kappa shape index (κ3) is 3.29. The van der Waals surface area contributed by atoms with E-state index in [0.717, 1.165) is 23.3 Å². The highest BCUT2D eigenvalue weighted by Gasteiger charge is 2.23. The molecule has 2 atom stereocenters. The van der Waals surface area contributed by atoms with Crippen molar-refractivity contribution >= 4 is 5.91 Å². The van der Waals surface area contributed by atoms with Crippen molar-refractivity contribution in [2.45, 2.75) is 31.8 Å². The van der Waals surface area contributed by atoms with Gasteiger partial charge in [-0.25, -0.2) is 0 Å². The molecule has 1 heterocycles. The number of methoxy groups -OCH3 is 1. The Kier molecular flexibility index (Phi) is 4.98. The van der Waals surface area contributed by atoms with Crippen molar-refractivity contribution < 1.29 is 14.3 Å². The second-order valence-corrected chi connectivity index (χ2v) is 4.97. The maximum Gasteiger partial charge on any atom is 0.220 e. The van der Waals surface area contributed by atoms with Crippen LogP contribution in [0.5, 0.6) is 5.75 Å². The molecule has 0 aromatic heterocycles. The molecule has 1 amide bonds. The number of fused-ring (bicyclic) bond motifs is 1. The van der Waals surface area contributed by atoms with Gasteiger partial charge in [-0.15, -0.1) is 0 Å². The third-order valence-corrected chi connectivity index (χ3v) is 3.50. The van der Waals surface area contributed by atoms with E-state index in [-0.39, 0.29) is 18.0 Å². The van der Waals surface area contributed by atoms with E-state index < -0.39 is 0 Å². The lowest BCUT2D eigenvalue weighted by molar-refractivity contribution is -0.121. The number of carbonyl (C=O) groups is 1. The van der Waals surface area contributed by atoms with Crippen LogP contribution >= 0.6 is 0 Å². The number of carbonyl (C=O) groups excluding carboxylic acids is 1. The van der Waals surface area contributed by atoms with E-state index in [1.165, 1.54) is 0 Å². The number of hydrogen-bond acceptors (Lipinski definition) is 4. The molecule has 2 unspecified atom stereocenters. The lowest BCUT2D eigenvalue weighted by Crippen LogP contribution is -2.32. The predicted molar refractivity (Wildman–Crippen MR) is 76.5 cm³/mol. The first-order chi connectivity index (χ1) is 9.65. The molecule has 1 aliphatic heterocycles. The molecule has 2 rings (SSSR count). The van der Waals surface area contributed by atoms with Crippen molar-refractivity contribution in [3.05, 3.63) is 29.3 Å². The number of benzene rings is 1. The van der Waals surface area contributed by atoms with Gasteiger partial charge in [0.1, 0.15) is 5.75 Å². The molecule has 5 heteroatoms. The average molecular weight is 278 g/mol. The molecule has 0 saturated heterocycles. The van der Waals surface area contributed by atoms with Gasteiger partial charge in [0.2, 0.25) is 5.91 Å². The molecular formula is C15H22N2O3. The Labute approximate surface area is 119 Å². The van der Waals surface area contributed by atoms with E-state index in [1.54, 1.807) is 7.11 Å². The van der Waals surface area contributed by atoms with Gasteiger partial charge in [0, 0.05) is 25.5 Å². The van der Waals surface area contributed by atoms with Gasteiger partial charge < -0.3 is 20.5 Å². The van der Waals surface area contributed by atoms with Crippen LogP contribution in [0.2, 0.25) is 0 Å². The van der Waals surface area contributed by atoms with Crippen molar-refractivity contribution in [1.82, 2.24) is 5.32 Å². The Morgan fingerprint density at radius 1 is 1.60 bits per heavy atom. The van der Waals surface area contributed by atoms with Crippen molar-refractivity contribution in [2.24, 2.45) is 5.73 Å². The number of amides is 1. The molecule has 0 radical (unpaired) electrons. The lowest BCUT2D eigenvalue weighted by atomic mass is 9.96. The molecule has 1 aromatic rings. The molecule has 1 aliphatic rings. The Bertz CT molecular complexity index is 476. The van der Waals surface area contributed by atoms with Crippen LogP contribution < -0.4 is 15.8 Å².